The van der Waals surface area contributed by atoms with Gasteiger partial charge in [0.05, 0.1) is 16.6 Å². The number of aromatic nitrogens is 1. The minimum absolute atomic E-state index is 0.337. The van der Waals surface area contributed by atoms with Crippen LogP contribution in [0.4, 0.5) is 11.4 Å². The molecule has 0 spiro atoms. The van der Waals surface area contributed by atoms with Crippen LogP contribution in [0, 0.1) is 17.8 Å². The highest BCUT2D eigenvalue weighted by molar-refractivity contribution is 6.12. The molecule has 4 saturated carbocycles. The Morgan fingerprint density at radius 1 is 0.709 bits per heavy atom. The smallest absolute Gasteiger partial charge is 0.137 e. The molecule has 7 aliphatic rings. The van der Waals surface area contributed by atoms with Crippen LogP contribution in [-0.2, 0) is 11.8 Å². The average Bonchev–Trinajstić information content (AvgIpc) is 3.94. The minimum atomic E-state index is 0.337. The van der Waals surface area contributed by atoms with Gasteiger partial charge >= 0.3 is 0 Å². The van der Waals surface area contributed by atoms with Crippen molar-refractivity contribution < 1.29 is 4.42 Å². The van der Waals surface area contributed by atoms with E-state index >= 15 is 0 Å². The predicted molar refractivity (Wildman–Crippen MR) is 226 cm³/mol. The fourth-order valence-corrected chi connectivity index (χ4v) is 13.3. The summed E-state index contributed by atoms with van der Waals surface area (Å²) in [7, 11) is 0. The zero-order valence-corrected chi connectivity index (χ0v) is 31.3. The van der Waals surface area contributed by atoms with Crippen LogP contribution in [0.25, 0.3) is 44.6 Å². The summed E-state index contributed by atoms with van der Waals surface area (Å²) in [6, 6.07) is 41.9. The van der Waals surface area contributed by atoms with Crippen LogP contribution < -0.4 is 4.90 Å². The highest BCUT2D eigenvalue weighted by atomic mass is 16.3. The number of rotatable bonds is 4. The van der Waals surface area contributed by atoms with Gasteiger partial charge in [0.1, 0.15) is 11.2 Å². The maximum absolute atomic E-state index is 6.39. The van der Waals surface area contributed by atoms with Crippen molar-refractivity contribution in [3.8, 4) is 5.69 Å². The lowest BCUT2D eigenvalue weighted by molar-refractivity contribution is 0.229. The summed E-state index contributed by atoms with van der Waals surface area (Å²) in [5, 5.41) is 3.83. The number of hydrogen-bond acceptors (Lipinski definition) is 2. The molecule has 6 unspecified atom stereocenters. The number of anilines is 2. The first-order chi connectivity index (χ1) is 27.2. The predicted octanol–water partition coefficient (Wildman–Crippen LogP) is 13.3. The quantitative estimate of drug-likeness (QED) is 0.169. The number of allylic oxidation sites excluding steroid dienone is 2. The molecule has 5 aromatic carbocycles. The molecule has 4 bridgehead atoms. The molecule has 6 aliphatic carbocycles. The minimum Gasteiger partial charge on any atom is -0.456 e. The van der Waals surface area contributed by atoms with Crippen LogP contribution in [0.2, 0.25) is 0 Å². The van der Waals surface area contributed by atoms with E-state index in [1.807, 2.05) is 0 Å². The van der Waals surface area contributed by atoms with Crippen molar-refractivity contribution in [1.29, 1.82) is 0 Å². The Morgan fingerprint density at radius 3 is 2.45 bits per heavy atom. The van der Waals surface area contributed by atoms with Gasteiger partial charge in [-0.05, 0) is 152 Å². The molecular formula is C52H46N2O. The molecule has 3 heteroatoms. The van der Waals surface area contributed by atoms with Crippen LogP contribution in [0.5, 0.6) is 0 Å². The van der Waals surface area contributed by atoms with Gasteiger partial charge in [0, 0.05) is 45.7 Å². The van der Waals surface area contributed by atoms with Gasteiger partial charge in [0.2, 0.25) is 0 Å². The molecular weight excluding hydrogens is 669 g/mol. The van der Waals surface area contributed by atoms with E-state index < -0.39 is 0 Å². The first-order valence-electron chi connectivity index (χ1n) is 21.1. The maximum Gasteiger partial charge on any atom is 0.137 e. The molecule has 14 rings (SSSR count). The van der Waals surface area contributed by atoms with Crippen molar-refractivity contribution in [1.82, 2.24) is 4.57 Å². The number of fused-ring (bicyclic) bond motifs is 9. The largest absolute Gasteiger partial charge is 0.456 e. The Balaban J connectivity index is 0.891. The second-order valence-corrected chi connectivity index (χ2v) is 18.1. The van der Waals surface area contributed by atoms with Gasteiger partial charge < -0.3 is 13.9 Å². The van der Waals surface area contributed by atoms with Gasteiger partial charge in [-0.1, -0.05) is 85.0 Å². The van der Waals surface area contributed by atoms with Gasteiger partial charge in [-0.3, -0.25) is 0 Å². The number of nitrogens with zero attached hydrogens (tertiary/aromatic N) is 2. The van der Waals surface area contributed by atoms with Gasteiger partial charge in [0.25, 0.3) is 0 Å². The molecule has 0 saturated heterocycles. The van der Waals surface area contributed by atoms with Crippen molar-refractivity contribution in [2.75, 3.05) is 4.90 Å². The third-order valence-corrected chi connectivity index (χ3v) is 15.3. The topological polar surface area (TPSA) is 21.3 Å². The van der Waals surface area contributed by atoms with Crippen LogP contribution in [0.1, 0.15) is 91.2 Å². The van der Waals surface area contributed by atoms with E-state index in [0.29, 0.717) is 23.3 Å². The Bertz CT molecular complexity index is 2760. The summed E-state index contributed by atoms with van der Waals surface area (Å²) in [5.41, 5.74) is 15.1. The number of furan rings is 1. The Kier molecular flexibility index (Phi) is 6.41. The molecule has 4 fully saturated rings. The molecule has 0 N–H and O–H groups in total. The highest BCUT2D eigenvalue weighted by Crippen LogP contribution is 2.65. The van der Waals surface area contributed by atoms with E-state index in [0.717, 1.165) is 48.2 Å². The molecule has 0 radical (unpaired) electrons. The Morgan fingerprint density at radius 2 is 1.55 bits per heavy atom. The molecule has 2 aromatic heterocycles. The zero-order chi connectivity index (χ0) is 35.8. The van der Waals surface area contributed by atoms with Crippen LogP contribution >= 0.6 is 0 Å². The summed E-state index contributed by atoms with van der Waals surface area (Å²) in [4.78, 5) is 2.67. The molecule has 7 atom stereocenters. The molecule has 3 nitrogen and oxygen atoms in total. The summed E-state index contributed by atoms with van der Waals surface area (Å²) < 4.78 is 8.97. The summed E-state index contributed by atoms with van der Waals surface area (Å²) in [6.45, 7) is 0. The first kappa shape index (κ1) is 31.0. The average molecular weight is 715 g/mol. The lowest BCUT2D eigenvalue weighted by Gasteiger charge is -2.39. The van der Waals surface area contributed by atoms with Crippen molar-refractivity contribution in [3.63, 3.8) is 0 Å². The fraction of sp³-hybridized carbons (Fsp3) is 0.308. The Hall–Kier alpha value is -5.28. The van der Waals surface area contributed by atoms with Crippen molar-refractivity contribution >= 4 is 50.3 Å². The van der Waals surface area contributed by atoms with Crippen LogP contribution in [0.15, 0.2) is 132 Å². The van der Waals surface area contributed by atoms with Crippen molar-refractivity contribution in [3.05, 3.63) is 155 Å². The first-order valence-corrected chi connectivity index (χ1v) is 21.1. The fourth-order valence-electron chi connectivity index (χ4n) is 13.3. The molecule has 0 amide bonds. The summed E-state index contributed by atoms with van der Waals surface area (Å²) in [6.07, 6.45) is 21.4. The van der Waals surface area contributed by atoms with E-state index in [9.17, 15) is 0 Å². The van der Waals surface area contributed by atoms with Gasteiger partial charge in [-0.15, -0.1) is 0 Å². The normalized spacial score (nSPS) is 28.7. The number of hydrogen-bond donors (Lipinski definition) is 0. The molecule has 55 heavy (non-hydrogen) atoms. The van der Waals surface area contributed by atoms with Gasteiger partial charge in [-0.25, -0.2) is 0 Å². The zero-order valence-electron chi connectivity index (χ0n) is 31.3. The summed E-state index contributed by atoms with van der Waals surface area (Å²) >= 11 is 0. The van der Waals surface area contributed by atoms with Crippen molar-refractivity contribution in [2.45, 2.75) is 81.1 Å². The summed E-state index contributed by atoms with van der Waals surface area (Å²) in [5.74, 6) is 3.73. The molecule has 1 aliphatic heterocycles. The SMILES string of the molecule is C1=CCC2C(CC1)c1cc(C3C=Cc4c(c5ccccc5n4-c4cccc(C56CC7CC(C5)[C@@H](C7)C6)c4)C3)ccc1N2c1cccc2oc3ccccc3c12. The van der Waals surface area contributed by atoms with Crippen LogP contribution in [-0.4, -0.2) is 10.6 Å². The highest BCUT2D eigenvalue weighted by Gasteiger charge is 2.56. The maximum atomic E-state index is 6.39. The lowest BCUT2D eigenvalue weighted by Crippen LogP contribution is -2.31. The van der Waals surface area contributed by atoms with E-state index in [1.165, 1.54) is 99.6 Å². The van der Waals surface area contributed by atoms with Gasteiger partial charge in [-0.2, -0.15) is 0 Å². The van der Waals surface area contributed by atoms with Crippen molar-refractivity contribution in [2.24, 2.45) is 17.8 Å². The third-order valence-electron chi connectivity index (χ3n) is 15.3. The Labute approximate surface area is 323 Å². The molecule has 3 heterocycles. The van der Waals surface area contributed by atoms with E-state index in [4.69, 9.17) is 4.42 Å². The van der Waals surface area contributed by atoms with Crippen LogP contribution in [0.3, 0.4) is 0 Å². The standard InChI is InChI=1S/C52H46N2O/c1-2-12-40-43-27-34(21-23-47(43)54(45(40)15-3-1)48-17-9-19-50-51(48)41-14-5-7-18-49(41)55-50)33-20-22-46-42(26-33)39-13-4-6-16-44(39)53(46)38-11-8-10-37(28-38)52-29-32-24-35(30-52)36(25-32)31-52/h1,3-11,13-14,16-23,27-28,32-33,35-36,40,45H,2,12,15,24-26,29-31H2/t32?,33?,35-,36?,40?,45?,52?/m0/s1. The van der Waals surface area contributed by atoms with E-state index in [-0.39, 0.29) is 0 Å². The molecule has 270 valence electrons. The second kappa shape index (κ2) is 11.4. The van der Waals surface area contributed by atoms with E-state index in [2.05, 4.69) is 143 Å². The second-order valence-electron chi connectivity index (χ2n) is 18.1. The lowest BCUT2D eigenvalue weighted by atomic mass is 9.66. The van der Waals surface area contributed by atoms with E-state index in [1.54, 1.807) is 5.56 Å². The monoisotopic (exact) mass is 714 g/mol. The third kappa shape index (κ3) is 4.39. The number of para-hydroxylation sites is 2. The van der Waals surface area contributed by atoms with Gasteiger partial charge in [0.15, 0.2) is 0 Å². The number of benzene rings is 5. The molecule has 7 aromatic rings.